The Balaban J connectivity index is 1.28. The highest BCUT2D eigenvalue weighted by Crippen LogP contribution is 2.19. The molecule has 0 saturated carbocycles. The average Bonchev–Trinajstić information content (AvgIpc) is 3.47. The van der Waals surface area contributed by atoms with Crippen molar-refractivity contribution < 1.29 is 0 Å². The second kappa shape index (κ2) is 10.0. The van der Waals surface area contributed by atoms with Gasteiger partial charge in [-0.3, -0.25) is 9.89 Å². The smallest absolute Gasteiger partial charge is 0.191 e. The molecule has 156 valence electrons. The third kappa shape index (κ3) is 5.24. The third-order valence-corrected chi connectivity index (χ3v) is 5.47. The van der Waals surface area contributed by atoms with Crippen LogP contribution in [0.3, 0.4) is 0 Å². The summed E-state index contributed by atoms with van der Waals surface area (Å²) in [5.74, 6) is 1.63. The van der Waals surface area contributed by atoms with Gasteiger partial charge in [0.15, 0.2) is 11.8 Å². The first-order valence-electron chi connectivity index (χ1n) is 10.5. The van der Waals surface area contributed by atoms with E-state index in [1.807, 2.05) is 37.6 Å². The molecule has 1 saturated heterocycles. The van der Waals surface area contributed by atoms with Crippen LogP contribution in [-0.2, 0) is 13.1 Å². The van der Waals surface area contributed by atoms with E-state index in [0.717, 1.165) is 37.0 Å². The molecular formula is C23H29N7. The topological polar surface area (TPSA) is 70.4 Å². The molecule has 1 fully saturated rings. The summed E-state index contributed by atoms with van der Waals surface area (Å²) in [4.78, 5) is 11.3. The van der Waals surface area contributed by atoms with E-state index < -0.39 is 0 Å². The summed E-state index contributed by atoms with van der Waals surface area (Å²) in [6.07, 6.45) is 7.92. The fourth-order valence-electron chi connectivity index (χ4n) is 3.87. The summed E-state index contributed by atoms with van der Waals surface area (Å²) < 4.78 is 1.76. The molecule has 1 aromatic carbocycles. The second-order valence-corrected chi connectivity index (χ2v) is 7.53. The Labute approximate surface area is 177 Å². The number of rotatable bonds is 7. The lowest BCUT2D eigenvalue weighted by Gasteiger charge is -2.25. The lowest BCUT2D eigenvalue weighted by molar-refractivity contribution is 0.245. The summed E-state index contributed by atoms with van der Waals surface area (Å²) in [6, 6.07) is 17.2. The van der Waals surface area contributed by atoms with Crippen LogP contribution in [0.5, 0.6) is 0 Å². The van der Waals surface area contributed by atoms with E-state index in [4.69, 9.17) is 0 Å². The van der Waals surface area contributed by atoms with Crippen molar-refractivity contribution in [3.63, 3.8) is 0 Å². The van der Waals surface area contributed by atoms with E-state index in [0.29, 0.717) is 12.6 Å². The number of hydrogen-bond donors (Lipinski definition) is 2. The second-order valence-electron chi connectivity index (χ2n) is 7.53. The molecule has 2 N–H and O–H groups in total. The van der Waals surface area contributed by atoms with E-state index in [2.05, 4.69) is 60.9 Å². The number of nitrogens with zero attached hydrogens (tertiary/aromatic N) is 5. The fraction of sp³-hybridized carbons (Fsp3) is 0.348. The van der Waals surface area contributed by atoms with Crippen LogP contribution in [0, 0.1) is 0 Å². The Morgan fingerprint density at radius 3 is 2.80 bits per heavy atom. The Kier molecular flexibility index (Phi) is 6.72. The molecular weight excluding hydrogens is 374 g/mol. The predicted molar refractivity (Wildman–Crippen MR) is 119 cm³/mol. The molecule has 0 aliphatic carbocycles. The van der Waals surface area contributed by atoms with Gasteiger partial charge in [0, 0.05) is 51.3 Å². The van der Waals surface area contributed by atoms with E-state index in [-0.39, 0.29) is 0 Å². The lowest BCUT2D eigenvalue weighted by atomic mass is 10.2. The van der Waals surface area contributed by atoms with Crippen LogP contribution in [0.15, 0.2) is 72.1 Å². The van der Waals surface area contributed by atoms with Crippen molar-refractivity contribution in [1.82, 2.24) is 30.3 Å². The van der Waals surface area contributed by atoms with Gasteiger partial charge >= 0.3 is 0 Å². The van der Waals surface area contributed by atoms with Gasteiger partial charge in [-0.1, -0.05) is 30.3 Å². The zero-order valence-electron chi connectivity index (χ0n) is 17.4. The molecule has 3 heterocycles. The summed E-state index contributed by atoms with van der Waals surface area (Å²) in [5.41, 5.74) is 2.50. The Bertz CT molecular complexity index is 937. The molecule has 2 aromatic heterocycles. The van der Waals surface area contributed by atoms with Crippen LogP contribution in [0.2, 0.25) is 0 Å². The molecule has 7 heteroatoms. The molecule has 1 aliphatic heterocycles. The SMILES string of the molecule is CN=C(NCc1ccnc(-n2cccn2)c1)NCC1CCCN1Cc1ccccc1. The molecule has 3 aromatic rings. The molecule has 1 atom stereocenters. The normalized spacial score (nSPS) is 17.2. The number of guanidine groups is 1. The van der Waals surface area contributed by atoms with Gasteiger partial charge in [-0.25, -0.2) is 9.67 Å². The zero-order chi connectivity index (χ0) is 20.6. The first-order valence-corrected chi connectivity index (χ1v) is 10.5. The van der Waals surface area contributed by atoms with Gasteiger partial charge in [0.05, 0.1) is 0 Å². The van der Waals surface area contributed by atoms with Crippen LogP contribution >= 0.6 is 0 Å². The molecule has 4 rings (SSSR count). The van der Waals surface area contributed by atoms with Crippen molar-refractivity contribution >= 4 is 5.96 Å². The van der Waals surface area contributed by atoms with Crippen molar-refractivity contribution in [2.75, 3.05) is 20.1 Å². The highest BCUT2D eigenvalue weighted by Gasteiger charge is 2.24. The molecule has 1 aliphatic rings. The van der Waals surface area contributed by atoms with E-state index in [1.165, 1.54) is 18.4 Å². The summed E-state index contributed by atoms with van der Waals surface area (Å²) in [6.45, 7) is 3.73. The Hall–Kier alpha value is -3.19. The zero-order valence-corrected chi connectivity index (χ0v) is 17.4. The maximum atomic E-state index is 4.39. The summed E-state index contributed by atoms with van der Waals surface area (Å²) >= 11 is 0. The number of pyridine rings is 1. The van der Waals surface area contributed by atoms with Crippen LogP contribution < -0.4 is 10.6 Å². The van der Waals surface area contributed by atoms with Crippen LogP contribution in [-0.4, -0.2) is 51.8 Å². The molecule has 0 amide bonds. The number of benzene rings is 1. The van der Waals surface area contributed by atoms with Gasteiger partial charge in [0.2, 0.25) is 0 Å². The largest absolute Gasteiger partial charge is 0.355 e. The summed E-state index contributed by atoms with van der Waals surface area (Å²) in [7, 11) is 1.81. The molecule has 0 radical (unpaired) electrons. The number of hydrogen-bond acceptors (Lipinski definition) is 4. The first kappa shape index (κ1) is 20.1. The van der Waals surface area contributed by atoms with Gasteiger partial charge in [0.1, 0.15) is 0 Å². The predicted octanol–water partition coefficient (Wildman–Crippen LogP) is 2.60. The average molecular weight is 404 g/mol. The van der Waals surface area contributed by atoms with Gasteiger partial charge in [-0.2, -0.15) is 5.10 Å². The molecule has 7 nitrogen and oxygen atoms in total. The fourth-order valence-corrected chi connectivity index (χ4v) is 3.87. The van der Waals surface area contributed by atoms with Crippen molar-refractivity contribution in [3.05, 3.63) is 78.2 Å². The standard InChI is InChI=1S/C23H29N7/c1-24-23(26-16-20-10-12-25-22(15-20)30-14-6-11-28-30)27-17-21-9-5-13-29(21)18-19-7-3-2-4-8-19/h2-4,6-8,10-12,14-15,21H,5,9,13,16-18H2,1H3,(H2,24,26,27). The highest BCUT2D eigenvalue weighted by molar-refractivity contribution is 5.79. The Morgan fingerprint density at radius 2 is 2.00 bits per heavy atom. The highest BCUT2D eigenvalue weighted by atomic mass is 15.3. The minimum atomic E-state index is 0.524. The lowest BCUT2D eigenvalue weighted by Crippen LogP contribution is -2.44. The quantitative estimate of drug-likeness (QED) is 0.469. The number of aliphatic imine (C=N–C) groups is 1. The van der Waals surface area contributed by atoms with Crippen LogP contribution in [0.1, 0.15) is 24.0 Å². The van der Waals surface area contributed by atoms with Crippen LogP contribution in [0.4, 0.5) is 0 Å². The van der Waals surface area contributed by atoms with Crippen molar-refractivity contribution in [2.45, 2.75) is 32.0 Å². The van der Waals surface area contributed by atoms with Crippen molar-refractivity contribution in [1.29, 1.82) is 0 Å². The van der Waals surface area contributed by atoms with E-state index in [9.17, 15) is 0 Å². The Morgan fingerprint density at radius 1 is 1.10 bits per heavy atom. The number of aromatic nitrogens is 3. The molecule has 1 unspecified atom stereocenters. The van der Waals surface area contributed by atoms with E-state index >= 15 is 0 Å². The van der Waals surface area contributed by atoms with Gasteiger partial charge in [-0.15, -0.1) is 0 Å². The van der Waals surface area contributed by atoms with Crippen molar-refractivity contribution in [2.24, 2.45) is 4.99 Å². The molecule has 0 spiro atoms. The first-order chi connectivity index (χ1) is 14.8. The maximum Gasteiger partial charge on any atom is 0.191 e. The molecule has 0 bridgehead atoms. The van der Waals surface area contributed by atoms with E-state index in [1.54, 1.807) is 10.9 Å². The number of nitrogens with one attached hydrogen (secondary N) is 2. The third-order valence-electron chi connectivity index (χ3n) is 5.47. The van der Waals surface area contributed by atoms with Gasteiger partial charge in [-0.05, 0) is 48.7 Å². The molecule has 30 heavy (non-hydrogen) atoms. The maximum absolute atomic E-state index is 4.39. The van der Waals surface area contributed by atoms with Gasteiger partial charge in [0.25, 0.3) is 0 Å². The monoisotopic (exact) mass is 403 g/mol. The van der Waals surface area contributed by atoms with Crippen molar-refractivity contribution in [3.8, 4) is 5.82 Å². The van der Waals surface area contributed by atoms with Crippen LogP contribution in [0.25, 0.3) is 5.82 Å². The summed E-state index contributed by atoms with van der Waals surface area (Å²) in [5, 5.41) is 11.2. The minimum Gasteiger partial charge on any atom is -0.355 e. The van der Waals surface area contributed by atoms with Gasteiger partial charge < -0.3 is 10.6 Å². The minimum absolute atomic E-state index is 0.524. The number of likely N-dealkylation sites (tertiary alicyclic amines) is 1.